The largest absolute Gasteiger partial charge is 0.741 e. The fourth-order valence-corrected chi connectivity index (χ4v) is 4.55. The Labute approximate surface area is 138 Å². The zero-order valence-electron chi connectivity index (χ0n) is 13.4. The fourth-order valence-electron chi connectivity index (χ4n) is 4.55. The highest BCUT2D eigenvalue weighted by atomic mass is 32.2. The van der Waals surface area contributed by atoms with Crippen molar-refractivity contribution in [2.24, 2.45) is 0 Å². The zero-order chi connectivity index (χ0) is 18.1. The van der Waals surface area contributed by atoms with Crippen LogP contribution >= 0.6 is 0 Å². The third-order valence-corrected chi connectivity index (χ3v) is 6.10. The Morgan fingerprint density at radius 2 is 1.96 bits per heavy atom. The summed E-state index contributed by atoms with van der Waals surface area (Å²) < 4.78 is 65.6. The first kappa shape index (κ1) is 17.5. The maximum absolute atomic E-state index is 10.7. The standard InChI is InChI=1S/C14H18NO.CHF3O3S/c1-14-7-12-13(15(12,2)8-14)10-5-4-9(16-3)6-11(10)14;2-1(3,4)8(5,6)7/h4-6,12-13H,7-8H2,1-3H3;(H,5,6,7)/q+1;/p-1/t12-,13+,14-,15?;/m0./s1. The highest BCUT2D eigenvalue weighted by molar-refractivity contribution is 7.86. The molecule has 1 aromatic carbocycles. The molecule has 3 heterocycles. The number of quaternary nitrogens is 1. The molecule has 134 valence electrons. The van der Waals surface area contributed by atoms with Gasteiger partial charge in [-0.3, -0.25) is 0 Å². The Balaban J connectivity index is 0.000000183. The monoisotopic (exact) mass is 365 g/mol. The third-order valence-electron chi connectivity index (χ3n) is 5.53. The van der Waals surface area contributed by atoms with Crippen molar-refractivity contribution in [3.05, 3.63) is 29.3 Å². The van der Waals surface area contributed by atoms with E-state index in [9.17, 15) is 13.2 Å². The summed E-state index contributed by atoms with van der Waals surface area (Å²) in [5, 5.41) is 0. The molecule has 5 rings (SSSR count). The second-order valence-corrected chi connectivity index (χ2v) is 8.51. The number of halogens is 3. The summed E-state index contributed by atoms with van der Waals surface area (Å²) in [5.41, 5.74) is -2.10. The lowest BCUT2D eigenvalue weighted by Gasteiger charge is -2.34. The van der Waals surface area contributed by atoms with Crippen molar-refractivity contribution >= 4 is 10.1 Å². The Bertz CT molecular complexity index is 794. The Morgan fingerprint density at radius 1 is 1.38 bits per heavy atom. The van der Waals surface area contributed by atoms with Gasteiger partial charge in [0.25, 0.3) is 0 Å². The number of piperidine rings is 1. The number of ether oxygens (including phenoxy) is 1. The molecular weight excluding hydrogens is 347 g/mol. The number of nitrogens with zero attached hydrogens (tertiary/aromatic N) is 1. The molecular formula is C15H18F3NO4S. The summed E-state index contributed by atoms with van der Waals surface area (Å²) in [5.74, 6) is 1.01. The van der Waals surface area contributed by atoms with E-state index in [-0.39, 0.29) is 0 Å². The number of alkyl halides is 3. The predicted octanol–water partition coefficient (Wildman–Crippen LogP) is 2.29. The number of benzene rings is 1. The van der Waals surface area contributed by atoms with Crippen LogP contribution < -0.4 is 4.74 Å². The minimum atomic E-state index is -6.09. The van der Waals surface area contributed by atoms with Crippen LogP contribution in [0.4, 0.5) is 13.2 Å². The maximum atomic E-state index is 10.7. The molecule has 0 aromatic heterocycles. The van der Waals surface area contributed by atoms with Crippen LogP contribution in [0.2, 0.25) is 0 Å². The summed E-state index contributed by atoms with van der Waals surface area (Å²) in [6.45, 7) is 3.75. The molecule has 0 saturated carbocycles. The van der Waals surface area contributed by atoms with E-state index >= 15 is 0 Å². The van der Waals surface area contributed by atoms with Crippen LogP contribution in [0.5, 0.6) is 5.75 Å². The molecule has 2 fully saturated rings. The second-order valence-electron chi connectivity index (χ2n) is 7.13. The summed E-state index contributed by atoms with van der Waals surface area (Å²) in [7, 11) is -1.91. The average molecular weight is 365 g/mol. The number of hydrogen-bond donors (Lipinski definition) is 0. The summed E-state index contributed by atoms with van der Waals surface area (Å²) in [6.07, 6.45) is 1.37. The van der Waals surface area contributed by atoms with Crippen molar-refractivity contribution in [3.63, 3.8) is 0 Å². The lowest BCUT2D eigenvalue weighted by Crippen LogP contribution is -2.38. The van der Waals surface area contributed by atoms with Crippen LogP contribution in [-0.4, -0.2) is 49.7 Å². The highest BCUT2D eigenvalue weighted by Gasteiger charge is 2.76. The molecule has 2 saturated heterocycles. The summed E-state index contributed by atoms with van der Waals surface area (Å²) in [6, 6.07) is 8.39. The van der Waals surface area contributed by atoms with E-state index in [0.29, 0.717) is 5.41 Å². The molecule has 4 bridgehead atoms. The van der Waals surface area contributed by atoms with Gasteiger partial charge in [0.2, 0.25) is 0 Å². The minimum absolute atomic E-state index is 0.401. The normalized spacial score (nSPS) is 35.6. The van der Waals surface area contributed by atoms with Gasteiger partial charge >= 0.3 is 5.51 Å². The molecule has 4 aliphatic rings. The van der Waals surface area contributed by atoms with E-state index in [1.807, 2.05) is 0 Å². The fraction of sp³-hybridized carbons (Fsp3) is 0.600. The number of methoxy groups -OCH3 is 1. The summed E-state index contributed by atoms with van der Waals surface area (Å²) in [4.78, 5) is 0. The molecule has 5 nitrogen and oxygen atoms in total. The van der Waals surface area contributed by atoms with E-state index in [1.165, 1.54) is 17.4 Å². The lowest BCUT2D eigenvalue weighted by molar-refractivity contribution is -0.802. The Morgan fingerprint density at radius 3 is 2.38 bits per heavy atom. The van der Waals surface area contributed by atoms with Gasteiger partial charge in [-0.2, -0.15) is 13.2 Å². The van der Waals surface area contributed by atoms with Crippen molar-refractivity contribution in [2.45, 2.75) is 36.4 Å². The van der Waals surface area contributed by atoms with Crippen molar-refractivity contribution < 1.29 is 35.4 Å². The molecule has 24 heavy (non-hydrogen) atoms. The molecule has 0 radical (unpaired) electrons. The predicted molar refractivity (Wildman–Crippen MR) is 78.3 cm³/mol. The molecule has 1 aromatic rings. The first-order chi connectivity index (χ1) is 10.8. The maximum Gasteiger partial charge on any atom is 0.485 e. The van der Waals surface area contributed by atoms with Gasteiger partial charge in [0.1, 0.15) is 11.8 Å². The zero-order valence-corrected chi connectivity index (χ0v) is 14.2. The van der Waals surface area contributed by atoms with Crippen molar-refractivity contribution in [3.8, 4) is 5.75 Å². The SMILES string of the molecule is COc1ccc2c(c1)[C@@]1(C)C[C@H]3[C@@H]2[N+]3(C)C1.O=S(=O)([O-])C(F)(F)F. The minimum Gasteiger partial charge on any atom is -0.741 e. The molecule has 3 aliphatic heterocycles. The highest BCUT2D eigenvalue weighted by Crippen LogP contribution is 2.68. The topological polar surface area (TPSA) is 66.4 Å². The van der Waals surface area contributed by atoms with Gasteiger partial charge in [-0.15, -0.1) is 0 Å². The number of likely N-dealkylation sites (N-methyl/N-ethyl adjacent to an activating group) is 1. The Hall–Kier alpha value is -1.32. The van der Waals surface area contributed by atoms with E-state index in [1.54, 1.807) is 18.2 Å². The second kappa shape index (κ2) is 4.86. The quantitative estimate of drug-likeness (QED) is 0.331. The van der Waals surface area contributed by atoms with Gasteiger partial charge in [-0.1, -0.05) is 0 Å². The number of hydrogen-bond acceptors (Lipinski definition) is 4. The van der Waals surface area contributed by atoms with E-state index in [4.69, 9.17) is 17.7 Å². The van der Waals surface area contributed by atoms with Crippen LogP contribution in [0.15, 0.2) is 18.2 Å². The molecule has 1 unspecified atom stereocenters. The number of rotatable bonds is 1. The summed E-state index contributed by atoms with van der Waals surface area (Å²) >= 11 is 0. The molecule has 9 heteroatoms. The first-order valence-corrected chi connectivity index (χ1v) is 8.80. The molecule has 4 atom stereocenters. The van der Waals surface area contributed by atoms with Gasteiger partial charge in [0, 0.05) is 17.4 Å². The molecule has 0 N–H and O–H groups in total. The lowest BCUT2D eigenvalue weighted by atomic mass is 9.71. The van der Waals surface area contributed by atoms with Gasteiger partial charge in [0.15, 0.2) is 16.2 Å². The van der Waals surface area contributed by atoms with E-state index in [0.717, 1.165) is 17.8 Å². The van der Waals surface area contributed by atoms with Gasteiger partial charge in [-0.25, -0.2) is 8.42 Å². The van der Waals surface area contributed by atoms with Crippen molar-refractivity contribution in [2.75, 3.05) is 20.7 Å². The van der Waals surface area contributed by atoms with Crippen molar-refractivity contribution in [1.82, 2.24) is 0 Å². The van der Waals surface area contributed by atoms with Crippen LogP contribution in [0.25, 0.3) is 0 Å². The average Bonchev–Trinajstić information content (AvgIpc) is 2.90. The first-order valence-electron chi connectivity index (χ1n) is 7.39. The van der Waals surface area contributed by atoms with Crippen LogP contribution in [0, 0.1) is 0 Å². The van der Waals surface area contributed by atoms with E-state index < -0.39 is 15.6 Å². The molecule has 0 amide bonds. The van der Waals surface area contributed by atoms with E-state index in [2.05, 4.69) is 32.2 Å². The third kappa shape index (κ3) is 2.41. The van der Waals surface area contributed by atoms with Gasteiger partial charge in [0.05, 0.1) is 20.7 Å². The van der Waals surface area contributed by atoms with Crippen LogP contribution in [0.1, 0.15) is 30.5 Å². The van der Waals surface area contributed by atoms with Crippen molar-refractivity contribution in [1.29, 1.82) is 0 Å². The Kier molecular flexibility index (Phi) is 3.54. The van der Waals surface area contributed by atoms with Crippen LogP contribution in [-0.2, 0) is 15.5 Å². The van der Waals surface area contributed by atoms with Gasteiger partial charge in [-0.05, 0) is 30.7 Å². The smallest absolute Gasteiger partial charge is 0.485 e. The molecule has 0 spiro atoms. The molecule has 1 aliphatic carbocycles. The van der Waals surface area contributed by atoms with Crippen LogP contribution in [0.3, 0.4) is 0 Å². The van der Waals surface area contributed by atoms with Gasteiger partial charge < -0.3 is 13.8 Å².